The highest BCUT2D eigenvalue weighted by Crippen LogP contribution is 2.41. The molecule has 130 valence electrons. The first-order valence-electron chi connectivity index (χ1n) is 8.27. The molecule has 3 amide bonds. The van der Waals surface area contributed by atoms with Crippen LogP contribution in [0.15, 0.2) is 24.3 Å². The molecule has 24 heavy (non-hydrogen) atoms. The lowest BCUT2D eigenvalue weighted by Crippen LogP contribution is -2.48. The van der Waals surface area contributed by atoms with Gasteiger partial charge in [-0.15, -0.1) is 0 Å². The third kappa shape index (κ3) is 3.43. The van der Waals surface area contributed by atoms with E-state index in [9.17, 15) is 9.59 Å². The highest BCUT2D eigenvalue weighted by Gasteiger charge is 2.40. The van der Waals surface area contributed by atoms with Gasteiger partial charge >= 0.3 is 12.1 Å². The van der Waals surface area contributed by atoms with Crippen molar-refractivity contribution in [1.82, 2.24) is 15.5 Å². The van der Waals surface area contributed by atoms with E-state index in [1.165, 1.54) is 0 Å². The number of nitrogens with one attached hydrogen (secondary N) is 2. The Kier molecular flexibility index (Phi) is 4.85. The van der Waals surface area contributed by atoms with Gasteiger partial charge in [-0.1, -0.05) is 23.7 Å². The lowest BCUT2D eigenvalue weighted by Gasteiger charge is -2.42. The molecule has 3 N–H and O–H groups in total. The van der Waals surface area contributed by atoms with Crippen molar-refractivity contribution in [3.63, 3.8) is 0 Å². The molecule has 7 heteroatoms. The molecular formula is C17H22ClN3O3. The maximum atomic E-state index is 11.9. The number of benzene rings is 1. The lowest BCUT2D eigenvalue weighted by atomic mass is 9.68. The Labute approximate surface area is 146 Å². The molecule has 1 saturated carbocycles. The minimum atomic E-state index is -1.02. The number of carbonyl (C=O) groups is 2. The highest BCUT2D eigenvalue weighted by atomic mass is 35.5. The Bertz CT molecular complexity index is 629. The standard InChI is InChI=1S/C17H22ClN3O3/c18-13-3-1-2-12(10-13)17(11-20-16(23)24)6-4-14(5-7-17)21-9-8-19-15(21)22/h1-3,10,14,20H,4-9,11H2,(H,19,22)(H,23,24). The van der Waals surface area contributed by atoms with Crippen LogP contribution in [0.3, 0.4) is 0 Å². The number of urea groups is 1. The Morgan fingerprint density at radius 3 is 2.75 bits per heavy atom. The fourth-order valence-electron chi connectivity index (χ4n) is 3.93. The van der Waals surface area contributed by atoms with Gasteiger partial charge in [-0.25, -0.2) is 9.59 Å². The minimum Gasteiger partial charge on any atom is -0.465 e. The second-order valence-electron chi connectivity index (χ2n) is 6.61. The number of amides is 3. The summed E-state index contributed by atoms with van der Waals surface area (Å²) in [5.74, 6) is 0. The summed E-state index contributed by atoms with van der Waals surface area (Å²) >= 11 is 6.14. The van der Waals surface area contributed by atoms with E-state index >= 15 is 0 Å². The van der Waals surface area contributed by atoms with Crippen molar-refractivity contribution in [2.45, 2.75) is 37.1 Å². The van der Waals surface area contributed by atoms with Crippen molar-refractivity contribution in [2.24, 2.45) is 0 Å². The smallest absolute Gasteiger partial charge is 0.404 e. The molecule has 0 spiro atoms. The van der Waals surface area contributed by atoms with Crippen LogP contribution in [0, 0.1) is 0 Å². The molecule has 0 aromatic heterocycles. The van der Waals surface area contributed by atoms with Crippen molar-refractivity contribution in [3.05, 3.63) is 34.9 Å². The quantitative estimate of drug-likeness (QED) is 0.780. The number of hydrogen-bond donors (Lipinski definition) is 3. The predicted octanol–water partition coefficient (Wildman–Crippen LogP) is 2.81. The van der Waals surface area contributed by atoms with Gasteiger partial charge < -0.3 is 20.6 Å². The van der Waals surface area contributed by atoms with E-state index in [0.29, 0.717) is 18.1 Å². The maximum Gasteiger partial charge on any atom is 0.404 e. The average molecular weight is 352 g/mol. The van der Waals surface area contributed by atoms with Gasteiger partial charge in [0.25, 0.3) is 0 Å². The van der Waals surface area contributed by atoms with Crippen LogP contribution in [-0.4, -0.2) is 47.8 Å². The highest BCUT2D eigenvalue weighted by molar-refractivity contribution is 6.30. The maximum absolute atomic E-state index is 11.9. The Morgan fingerprint density at radius 1 is 1.42 bits per heavy atom. The van der Waals surface area contributed by atoms with E-state index in [0.717, 1.165) is 37.8 Å². The fraction of sp³-hybridized carbons (Fsp3) is 0.529. The van der Waals surface area contributed by atoms with Crippen LogP contribution in [0.25, 0.3) is 0 Å². The monoisotopic (exact) mass is 351 g/mol. The van der Waals surface area contributed by atoms with Gasteiger partial charge in [0.15, 0.2) is 0 Å². The molecule has 0 atom stereocenters. The zero-order valence-electron chi connectivity index (χ0n) is 13.4. The van der Waals surface area contributed by atoms with Crippen LogP contribution >= 0.6 is 11.6 Å². The molecule has 1 aliphatic carbocycles. The molecule has 2 aliphatic rings. The van der Waals surface area contributed by atoms with Gasteiger partial charge in [-0.3, -0.25) is 0 Å². The van der Waals surface area contributed by atoms with E-state index in [-0.39, 0.29) is 17.5 Å². The van der Waals surface area contributed by atoms with Crippen LogP contribution in [0.4, 0.5) is 9.59 Å². The molecule has 2 fully saturated rings. The SMILES string of the molecule is O=C(O)NCC1(c2cccc(Cl)c2)CCC(N2CCNC2=O)CC1. The molecule has 1 heterocycles. The number of carbonyl (C=O) groups excluding carboxylic acids is 1. The molecule has 1 aromatic rings. The van der Waals surface area contributed by atoms with Gasteiger partial charge in [0.2, 0.25) is 0 Å². The summed E-state index contributed by atoms with van der Waals surface area (Å²) in [5, 5.41) is 15.1. The zero-order valence-corrected chi connectivity index (χ0v) is 14.2. The van der Waals surface area contributed by atoms with Crippen molar-refractivity contribution < 1.29 is 14.7 Å². The largest absolute Gasteiger partial charge is 0.465 e. The molecule has 0 bridgehead atoms. The van der Waals surface area contributed by atoms with E-state index in [1.54, 1.807) is 0 Å². The second kappa shape index (κ2) is 6.89. The predicted molar refractivity (Wildman–Crippen MR) is 91.5 cm³/mol. The molecule has 3 rings (SSSR count). The van der Waals surface area contributed by atoms with Crippen LogP contribution in [-0.2, 0) is 5.41 Å². The summed E-state index contributed by atoms with van der Waals surface area (Å²) in [6, 6.07) is 7.90. The number of rotatable bonds is 4. The Balaban J connectivity index is 1.77. The lowest BCUT2D eigenvalue weighted by molar-refractivity contribution is 0.148. The molecule has 0 unspecified atom stereocenters. The number of halogens is 1. The van der Waals surface area contributed by atoms with E-state index in [4.69, 9.17) is 16.7 Å². The first kappa shape index (κ1) is 16.9. The second-order valence-corrected chi connectivity index (χ2v) is 7.04. The van der Waals surface area contributed by atoms with Crippen LogP contribution in [0.1, 0.15) is 31.2 Å². The van der Waals surface area contributed by atoms with Crippen LogP contribution < -0.4 is 10.6 Å². The summed E-state index contributed by atoms with van der Waals surface area (Å²) < 4.78 is 0. The van der Waals surface area contributed by atoms with Gasteiger partial charge in [0, 0.05) is 36.1 Å². The molecule has 1 saturated heterocycles. The fourth-order valence-corrected chi connectivity index (χ4v) is 4.12. The first-order chi connectivity index (χ1) is 11.5. The molecule has 6 nitrogen and oxygen atoms in total. The van der Waals surface area contributed by atoms with Crippen LogP contribution in [0.2, 0.25) is 5.02 Å². The Hall–Kier alpha value is -1.95. The molecule has 1 aliphatic heterocycles. The third-order valence-electron chi connectivity index (χ3n) is 5.26. The normalized spacial score (nSPS) is 27.0. The molecular weight excluding hydrogens is 330 g/mol. The van der Waals surface area contributed by atoms with Gasteiger partial charge in [-0.2, -0.15) is 0 Å². The van der Waals surface area contributed by atoms with E-state index in [1.807, 2.05) is 29.2 Å². The number of nitrogens with zero attached hydrogens (tertiary/aromatic N) is 1. The topological polar surface area (TPSA) is 81.7 Å². The summed E-state index contributed by atoms with van der Waals surface area (Å²) in [6.45, 7) is 1.82. The van der Waals surface area contributed by atoms with E-state index < -0.39 is 6.09 Å². The summed E-state index contributed by atoms with van der Waals surface area (Å²) in [6.07, 6.45) is 2.35. The van der Waals surface area contributed by atoms with Crippen molar-refractivity contribution in [2.75, 3.05) is 19.6 Å². The van der Waals surface area contributed by atoms with Gasteiger partial charge in [0.05, 0.1) is 0 Å². The van der Waals surface area contributed by atoms with Crippen molar-refractivity contribution >= 4 is 23.7 Å². The summed E-state index contributed by atoms with van der Waals surface area (Å²) in [5.41, 5.74) is 0.795. The van der Waals surface area contributed by atoms with Crippen molar-refractivity contribution in [1.29, 1.82) is 0 Å². The van der Waals surface area contributed by atoms with Crippen LogP contribution in [0.5, 0.6) is 0 Å². The minimum absolute atomic E-state index is 0.0129. The van der Waals surface area contributed by atoms with Gasteiger partial charge in [0.1, 0.15) is 0 Å². The Morgan fingerprint density at radius 2 is 2.17 bits per heavy atom. The van der Waals surface area contributed by atoms with Crippen molar-refractivity contribution in [3.8, 4) is 0 Å². The molecule has 1 aromatic carbocycles. The average Bonchev–Trinajstić information content (AvgIpc) is 2.99. The van der Waals surface area contributed by atoms with E-state index in [2.05, 4.69) is 10.6 Å². The number of hydrogen-bond acceptors (Lipinski definition) is 2. The van der Waals surface area contributed by atoms with Gasteiger partial charge in [-0.05, 0) is 43.4 Å². The third-order valence-corrected chi connectivity index (χ3v) is 5.49. The summed E-state index contributed by atoms with van der Waals surface area (Å²) in [4.78, 5) is 24.8. The number of carboxylic acid groups (broad SMARTS) is 1. The molecule has 0 radical (unpaired) electrons. The zero-order chi connectivity index (χ0) is 17.2. The first-order valence-corrected chi connectivity index (χ1v) is 8.65. The summed E-state index contributed by atoms with van der Waals surface area (Å²) in [7, 11) is 0.